The Morgan fingerprint density at radius 1 is 1.00 bits per heavy atom. The number of nitrogens with one attached hydrogen (secondary N) is 1. The normalized spacial score (nSPS) is 10.1. The Balaban J connectivity index is 1.92. The smallest absolute Gasteiger partial charge is 0.335 e. The van der Waals surface area contributed by atoms with Gasteiger partial charge in [0.25, 0.3) is 5.91 Å². The van der Waals surface area contributed by atoms with Gasteiger partial charge in [0.05, 0.1) is 19.8 Å². The Labute approximate surface area is 151 Å². The predicted octanol–water partition coefficient (Wildman–Crippen LogP) is 2.41. The van der Waals surface area contributed by atoms with Crippen LogP contribution in [0.5, 0.6) is 17.2 Å². The van der Waals surface area contributed by atoms with Crippen LogP contribution in [0.4, 0.5) is 0 Å². The van der Waals surface area contributed by atoms with Crippen molar-refractivity contribution in [3.05, 3.63) is 53.1 Å². The molecule has 0 heterocycles. The average molecular weight is 359 g/mol. The van der Waals surface area contributed by atoms with Crippen LogP contribution in [-0.2, 0) is 11.3 Å². The molecular formula is C19H21NO6. The number of hydrogen-bond donors (Lipinski definition) is 2. The van der Waals surface area contributed by atoms with Crippen molar-refractivity contribution in [1.29, 1.82) is 0 Å². The molecule has 0 fully saturated rings. The molecule has 0 unspecified atom stereocenters. The van der Waals surface area contributed by atoms with Gasteiger partial charge >= 0.3 is 5.97 Å². The maximum absolute atomic E-state index is 12.0. The molecule has 0 aliphatic rings. The van der Waals surface area contributed by atoms with Crippen molar-refractivity contribution in [3.8, 4) is 17.2 Å². The number of carboxylic acids is 1. The number of amides is 1. The second-order valence-electron chi connectivity index (χ2n) is 5.54. The van der Waals surface area contributed by atoms with Gasteiger partial charge in [-0.15, -0.1) is 0 Å². The maximum atomic E-state index is 12.0. The molecule has 0 aliphatic heterocycles. The Morgan fingerprint density at radius 3 is 2.38 bits per heavy atom. The van der Waals surface area contributed by atoms with Gasteiger partial charge in [-0.25, -0.2) is 4.79 Å². The zero-order valence-corrected chi connectivity index (χ0v) is 14.9. The monoisotopic (exact) mass is 359 g/mol. The minimum atomic E-state index is -1.05. The van der Waals surface area contributed by atoms with Gasteiger partial charge in [-0.3, -0.25) is 4.79 Å². The third kappa shape index (κ3) is 4.89. The molecule has 0 atom stereocenters. The van der Waals surface area contributed by atoms with E-state index in [4.69, 9.17) is 19.3 Å². The van der Waals surface area contributed by atoms with Gasteiger partial charge < -0.3 is 24.6 Å². The summed E-state index contributed by atoms with van der Waals surface area (Å²) in [6.07, 6.45) is 0. The van der Waals surface area contributed by atoms with E-state index in [1.165, 1.54) is 12.1 Å². The molecule has 7 nitrogen and oxygen atoms in total. The van der Waals surface area contributed by atoms with Crippen LogP contribution in [0.25, 0.3) is 0 Å². The van der Waals surface area contributed by atoms with Crippen LogP contribution in [-0.4, -0.2) is 37.8 Å². The van der Waals surface area contributed by atoms with Crippen molar-refractivity contribution < 1.29 is 28.9 Å². The molecule has 2 aromatic carbocycles. The molecule has 138 valence electrons. The van der Waals surface area contributed by atoms with E-state index in [0.717, 1.165) is 11.1 Å². The Kier molecular flexibility index (Phi) is 6.43. The Morgan fingerprint density at radius 2 is 1.73 bits per heavy atom. The molecule has 0 spiro atoms. The van der Waals surface area contributed by atoms with E-state index in [1.807, 2.05) is 6.07 Å². The standard InChI is InChI=1S/C19H21NO6/c1-12-4-6-14(19(22)23)9-16(12)26-11-18(21)20-10-13-5-7-15(24-2)17(8-13)25-3/h4-9H,10-11H2,1-3H3,(H,20,21)(H,22,23). The predicted molar refractivity (Wildman–Crippen MR) is 95.0 cm³/mol. The van der Waals surface area contributed by atoms with E-state index in [1.54, 1.807) is 39.3 Å². The molecule has 2 rings (SSSR count). The molecule has 0 aliphatic carbocycles. The maximum Gasteiger partial charge on any atom is 0.335 e. The first-order chi connectivity index (χ1) is 12.4. The first-order valence-electron chi connectivity index (χ1n) is 7.89. The summed E-state index contributed by atoms with van der Waals surface area (Å²) in [5.41, 5.74) is 1.71. The van der Waals surface area contributed by atoms with Gasteiger partial charge in [0.2, 0.25) is 0 Å². The summed E-state index contributed by atoms with van der Waals surface area (Å²) >= 11 is 0. The lowest BCUT2D eigenvalue weighted by Crippen LogP contribution is -2.28. The van der Waals surface area contributed by atoms with Crippen molar-refractivity contribution in [2.45, 2.75) is 13.5 Å². The van der Waals surface area contributed by atoms with Gasteiger partial charge in [0.15, 0.2) is 18.1 Å². The number of rotatable bonds is 8. The zero-order valence-electron chi connectivity index (χ0n) is 14.9. The number of benzene rings is 2. The molecule has 0 bridgehead atoms. The number of ether oxygens (including phenoxy) is 3. The van der Waals surface area contributed by atoms with Crippen LogP contribution in [0.15, 0.2) is 36.4 Å². The summed E-state index contributed by atoms with van der Waals surface area (Å²) < 4.78 is 15.8. The summed E-state index contributed by atoms with van der Waals surface area (Å²) in [6.45, 7) is 1.87. The fraction of sp³-hybridized carbons (Fsp3) is 0.263. The lowest BCUT2D eigenvalue weighted by molar-refractivity contribution is -0.123. The van der Waals surface area contributed by atoms with Crippen LogP contribution < -0.4 is 19.5 Å². The highest BCUT2D eigenvalue weighted by atomic mass is 16.5. The molecule has 0 saturated heterocycles. The summed E-state index contributed by atoms with van der Waals surface area (Å²) in [7, 11) is 3.10. The molecule has 2 N–H and O–H groups in total. The fourth-order valence-electron chi connectivity index (χ4n) is 2.27. The first kappa shape index (κ1) is 19.1. The summed E-state index contributed by atoms with van der Waals surface area (Å²) in [4.78, 5) is 23.0. The molecular weight excluding hydrogens is 338 g/mol. The highest BCUT2D eigenvalue weighted by Crippen LogP contribution is 2.27. The van der Waals surface area contributed by atoms with E-state index in [9.17, 15) is 9.59 Å². The lowest BCUT2D eigenvalue weighted by Gasteiger charge is -2.12. The van der Waals surface area contributed by atoms with E-state index in [0.29, 0.717) is 23.8 Å². The van der Waals surface area contributed by atoms with E-state index < -0.39 is 5.97 Å². The third-order valence-corrected chi connectivity index (χ3v) is 3.73. The van der Waals surface area contributed by atoms with Gasteiger partial charge in [-0.05, 0) is 42.3 Å². The van der Waals surface area contributed by atoms with Crippen LogP contribution in [0.3, 0.4) is 0 Å². The third-order valence-electron chi connectivity index (χ3n) is 3.73. The van der Waals surface area contributed by atoms with Crippen LogP contribution in [0, 0.1) is 6.92 Å². The Hall–Kier alpha value is -3.22. The highest BCUT2D eigenvalue weighted by molar-refractivity contribution is 5.88. The number of hydrogen-bond acceptors (Lipinski definition) is 5. The van der Waals surface area contributed by atoms with Gasteiger partial charge in [-0.1, -0.05) is 12.1 Å². The number of methoxy groups -OCH3 is 2. The fourth-order valence-corrected chi connectivity index (χ4v) is 2.27. The second-order valence-corrected chi connectivity index (χ2v) is 5.54. The van der Waals surface area contributed by atoms with Crippen LogP contribution in [0.2, 0.25) is 0 Å². The molecule has 26 heavy (non-hydrogen) atoms. The Bertz CT molecular complexity index is 803. The molecule has 0 aromatic heterocycles. The van der Waals surface area contributed by atoms with Crippen molar-refractivity contribution in [3.63, 3.8) is 0 Å². The number of carboxylic acid groups (broad SMARTS) is 1. The number of aryl methyl sites for hydroxylation is 1. The van der Waals surface area contributed by atoms with Crippen molar-refractivity contribution >= 4 is 11.9 Å². The summed E-state index contributed by atoms with van der Waals surface area (Å²) in [5.74, 6) is 0.190. The molecule has 0 saturated carbocycles. The zero-order chi connectivity index (χ0) is 19.1. The minimum absolute atomic E-state index is 0.108. The molecule has 2 aromatic rings. The minimum Gasteiger partial charge on any atom is -0.493 e. The number of carbonyl (C=O) groups is 2. The number of carbonyl (C=O) groups excluding carboxylic acids is 1. The van der Waals surface area contributed by atoms with E-state index in [-0.39, 0.29) is 18.1 Å². The second kappa shape index (κ2) is 8.75. The highest BCUT2D eigenvalue weighted by Gasteiger charge is 2.10. The summed E-state index contributed by atoms with van der Waals surface area (Å²) in [5, 5.41) is 11.8. The molecule has 7 heteroatoms. The number of aromatic carboxylic acids is 1. The molecule has 0 radical (unpaired) electrons. The van der Waals surface area contributed by atoms with Crippen molar-refractivity contribution in [1.82, 2.24) is 5.32 Å². The molecule has 1 amide bonds. The van der Waals surface area contributed by atoms with Crippen molar-refractivity contribution in [2.75, 3.05) is 20.8 Å². The topological polar surface area (TPSA) is 94.1 Å². The van der Waals surface area contributed by atoms with Gasteiger partial charge in [0, 0.05) is 6.54 Å². The largest absolute Gasteiger partial charge is 0.493 e. The average Bonchev–Trinajstić information content (AvgIpc) is 2.65. The quantitative estimate of drug-likeness (QED) is 0.752. The van der Waals surface area contributed by atoms with Gasteiger partial charge in [-0.2, -0.15) is 0 Å². The first-order valence-corrected chi connectivity index (χ1v) is 7.89. The van der Waals surface area contributed by atoms with Crippen molar-refractivity contribution in [2.24, 2.45) is 0 Å². The SMILES string of the molecule is COc1ccc(CNC(=O)COc2cc(C(=O)O)ccc2C)cc1OC. The van der Waals surface area contributed by atoms with Crippen LogP contribution in [0.1, 0.15) is 21.5 Å². The van der Waals surface area contributed by atoms with Crippen LogP contribution >= 0.6 is 0 Å². The lowest BCUT2D eigenvalue weighted by atomic mass is 10.1. The van der Waals surface area contributed by atoms with E-state index >= 15 is 0 Å². The van der Waals surface area contributed by atoms with E-state index in [2.05, 4.69) is 5.32 Å². The summed E-state index contributed by atoms with van der Waals surface area (Å²) in [6, 6.07) is 9.89. The van der Waals surface area contributed by atoms with Gasteiger partial charge in [0.1, 0.15) is 5.75 Å².